The second-order valence-electron chi connectivity index (χ2n) is 0.922. The van der Waals surface area contributed by atoms with Gasteiger partial charge in [0.05, 0.1) is 0 Å². The topological polar surface area (TPSA) is 21.3 Å². The maximum Gasteiger partial charge on any atom is 0.246 e. The van der Waals surface area contributed by atoms with E-state index in [1.165, 1.54) is 6.26 Å². The van der Waals surface area contributed by atoms with E-state index in [2.05, 4.69) is 10.1 Å². The molecule has 1 N–H and O–H groups in total. The van der Waals surface area contributed by atoms with E-state index in [1.807, 2.05) is 0 Å². The minimum Gasteiger partial charge on any atom is -0.463 e. The van der Waals surface area contributed by atoms with Crippen molar-refractivity contribution < 1.29 is 4.74 Å². The third kappa shape index (κ3) is 0.571. The Morgan fingerprint density at radius 3 is 2.83 bits per heavy atom. The SMILES string of the molecule is ClC1NC=CO1. The molecule has 3 heteroatoms. The lowest BCUT2D eigenvalue weighted by Gasteiger charge is -1.96. The summed E-state index contributed by atoms with van der Waals surface area (Å²) in [5, 5.41) is 2.68. The molecule has 1 heterocycles. The third-order valence-electron chi connectivity index (χ3n) is 0.493. The number of hydrogen-bond acceptors (Lipinski definition) is 2. The predicted octanol–water partition coefficient (Wildman–Crippen LogP) is 0.600. The predicted molar refractivity (Wildman–Crippen MR) is 23.0 cm³/mol. The molecular formula is C3H4ClNO. The summed E-state index contributed by atoms with van der Waals surface area (Å²) in [6.45, 7) is 0. The summed E-state index contributed by atoms with van der Waals surface area (Å²) in [4.78, 5) is 0. The summed E-state index contributed by atoms with van der Waals surface area (Å²) in [5.74, 6) is 0. The summed E-state index contributed by atoms with van der Waals surface area (Å²) in [6.07, 6.45) is 3.16. The Morgan fingerprint density at radius 1 is 1.83 bits per heavy atom. The van der Waals surface area contributed by atoms with E-state index in [0.29, 0.717) is 0 Å². The highest BCUT2D eigenvalue weighted by atomic mass is 35.5. The Bertz CT molecular complexity index is 65.2. The first kappa shape index (κ1) is 3.81. The van der Waals surface area contributed by atoms with Crippen LogP contribution in [0.25, 0.3) is 0 Å². The van der Waals surface area contributed by atoms with Crippen molar-refractivity contribution in [3.63, 3.8) is 0 Å². The zero-order chi connectivity index (χ0) is 4.41. The number of nitrogens with one attached hydrogen (secondary N) is 1. The molecular weight excluding hydrogens is 101 g/mol. The van der Waals surface area contributed by atoms with Crippen molar-refractivity contribution >= 4 is 11.6 Å². The quantitative estimate of drug-likeness (QED) is 0.360. The second-order valence-corrected chi connectivity index (χ2v) is 1.32. The Labute approximate surface area is 40.7 Å². The van der Waals surface area contributed by atoms with E-state index in [-0.39, 0.29) is 5.69 Å². The molecule has 0 aromatic carbocycles. The van der Waals surface area contributed by atoms with Crippen LogP contribution in [0, 0.1) is 0 Å². The van der Waals surface area contributed by atoms with Crippen LogP contribution in [0.4, 0.5) is 0 Å². The van der Waals surface area contributed by atoms with E-state index in [9.17, 15) is 0 Å². The average molecular weight is 106 g/mol. The summed E-state index contributed by atoms with van der Waals surface area (Å²) in [7, 11) is 0. The molecule has 1 atom stereocenters. The zero-order valence-electron chi connectivity index (χ0n) is 3.02. The van der Waals surface area contributed by atoms with Crippen LogP contribution in [0.15, 0.2) is 12.5 Å². The molecule has 0 radical (unpaired) electrons. The van der Waals surface area contributed by atoms with Crippen molar-refractivity contribution in [1.29, 1.82) is 0 Å². The van der Waals surface area contributed by atoms with Gasteiger partial charge in [0, 0.05) is 6.20 Å². The van der Waals surface area contributed by atoms with Crippen molar-refractivity contribution in [1.82, 2.24) is 5.32 Å². The molecule has 0 fully saturated rings. The van der Waals surface area contributed by atoms with Crippen molar-refractivity contribution in [2.45, 2.75) is 5.69 Å². The first-order chi connectivity index (χ1) is 2.89. The molecule has 1 rings (SSSR count). The molecule has 0 spiro atoms. The van der Waals surface area contributed by atoms with Gasteiger partial charge in [0.2, 0.25) is 5.69 Å². The first-order valence-electron chi connectivity index (χ1n) is 1.60. The second kappa shape index (κ2) is 1.39. The average Bonchev–Trinajstić information content (AvgIpc) is 1.86. The summed E-state index contributed by atoms with van der Waals surface area (Å²) >= 11 is 5.32. The summed E-state index contributed by atoms with van der Waals surface area (Å²) in [5.41, 5.74) is -0.343. The van der Waals surface area contributed by atoms with E-state index in [0.717, 1.165) is 0 Å². The molecule has 1 unspecified atom stereocenters. The van der Waals surface area contributed by atoms with Gasteiger partial charge >= 0.3 is 0 Å². The molecule has 0 amide bonds. The molecule has 34 valence electrons. The fraction of sp³-hybridized carbons (Fsp3) is 0.333. The van der Waals surface area contributed by atoms with Crippen LogP contribution < -0.4 is 5.32 Å². The highest BCUT2D eigenvalue weighted by Crippen LogP contribution is 1.98. The van der Waals surface area contributed by atoms with Gasteiger partial charge in [0.15, 0.2) is 0 Å². The van der Waals surface area contributed by atoms with Gasteiger partial charge in [-0.25, -0.2) is 0 Å². The Morgan fingerprint density at radius 2 is 2.67 bits per heavy atom. The Hall–Kier alpha value is -0.370. The van der Waals surface area contributed by atoms with Crippen molar-refractivity contribution in [3.8, 4) is 0 Å². The van der Waals surface area contributed by atoms with E-state index in [4.69, 9.17) is 11.6 Å². The van der Waals surface area contributed by atoms with E-state index >= 15 is 0 Å². The van der Waals surface area contributed by atoms with Gasteiger partial charge in [0.1, 0.15) is 6.26 Å². The van der Waals surface area contributed by atoms with Gasteiger partial charge in [-0.3, -0.25) is 0 Å². The monoisotopic (exact) mass is 105 g/mol. The van der Waals surface area contributed by atoms with E-state index in [1.54, 1.807) is 6.20 Å². The smallest absolute Gasteiger partial charge is 0.246 e. The lowest BCUT2D eigenvalue weighted by Crippen LogP contribution is -2.11. The van der Waals surface area contributed by atoms with Crippen molar-refractivity contribution in [2.24, 2.45) is 0 Å². The minimum atomic E-state index is -0.343. The van der Waals surface area contributed by atoms with Gasteiger partial charge in [-0.15, -0.1) is 0 Å². The zero-order valence-corrected chi connectivity index (χ0v) is 3.77. The van der Waals surface area contributed by atoms with Crippen molar-refractivity contribution in [3.05, 3.63) is 12.5 Å². The minimum absolute atomic E-state index is 0.343. The molecule has 0 aromatic rings. The van der Waals surface area contributed by atoms with Crippen LogP contribution in [0.3, 0.4) is 0 Å². The van der Waals surface area contributed by atoms with Gasteiger partial charge in [-0.2, -0.15) is 0 Å². The highest BCUT2D eigenvalue weighted by molar-refractivity contribution is 6.19. The lowest BCUT2D eigenvalue weighted by molar-refractivity contribution is 0.228. The standard InChI is InChI=1S/C3H4ClNO/c4-3-5-1-2-6-3/h1-3,5H. The Kier molecular flexibility index (Phi) is 0.881. The molecule has 1 aliphatic rings. The third-order valence-corrected chi connectivity index (χ3v) is 0.722. The number of ether oxygens (including phenoxy) is 1. The van der Waals surface area contributed by atoms with Crippen LogP contribution in [0.1, 0.15) is 0 Å². The summed E-state index contributed by atoms with van der Waals surface area (Å²) < 4.78 is 4.63. The fourth-order valence-corrected chi connectivity index (χ4v) is 0.395. The molecule has 0 bridgehead atoms. The van der Waals surface area contributed by atoms with Crippen LogP contribution in [0.2, 0.25) is 0 Å². The molecule has 0 saturated heterocycles. The molecule has 1 aliphatic heterocycles. The lowest BCUT2D eigenvalue weighted by atomic mass is 11.0. The largest absolute Gasteiger partial charge is 0.463 e. The number of hydrogen-bond donors (Lipinski definition) is 1. The van der Waals surface area contributed by atoms with Gasteiger partial charge in [-0.1, -0.05) is 11.6 Å². The number of alkyl halides is 1. The molecule has 2 nitrogen and oxygen atoms in total. The van der Waals surface area contributed by atoms with Crippen molar-refractivity contribution in [2.75, 3.05) is 0 Å². The number of halogens is 1. The molecule has 0 aliphatic carbocycles. The number of rotatable bonds is 0. The van der Waals surface area contributed by atoms with Gasteiger partial charge in [-0.05, 0) is 0 Å². The maximum absolute atomic E-state index is 5.32. The molecule has 6 heavy (non-hydrogen) atoms. The fourth-order valence-electron chi connectivity index (χ4n) is 0.262. The molecule has 0 aromatic heterocycles. The normalized spacial score (nSPS) is 29.2. The highest BCUT2D eigenvalue weighted by Gasteiger charge is 2.00. The van der Waals surface area contributed by atoms with Crippen LogP contribution >= 0.6 is 11.6 Å². The van der Waals surface area contributed by atoms with Crippen LogP contribution in [0.5, 0.6) is 0 Å². The van der Waals surface area contributed by atoms with Gasteiger partial charge < -0.3 is 10.1 Å². The van der Waals surface area contributed by atoms with Crippen LogP contribution in [-0.2, 0) is 4.74 Å². The first-order valence-corrected chi connectivity index (χ1v) is 2.04. The van der Waals surface area contributed by atoms with E-state index < -0.39 is 0 Å². The molecule has 0 saturated carbocycles. The maximum atomic E-state index is 5.32. The van der Waals surface area contributed by atoms with Crippen LogP contribution in [-0.4, -0.2) is 5.69 Å². The van der Waals surface area contributed by atoms with Gasteiger partial charge in [0.25, 0.3) is 0 Å². The summed E-state index contributed by atoms with van der Waals surface area (Å²) in [6, 6.07) is 0. The Balaban J connectivity index is 2.32.